The molecule has 0 aliphatic rings. The Hall–Kier alpha value is -2.52. The monoisotopic (exact) mass is 375 g/mol. The molecule has 0 aromatic heterocycles. The fourth-order valence-electron chi connectivity index (χ4n) is 2.91. The third-order valence-electron chi connectivity index (χ3n) is 4.51. The highest BCUT2D eigenvalue weighted by atomic mass is 32.2. The Balaban J connectivity index is 1.38. The number of thioether (sulfide) groups is 1. The molecule has 138 valence electrons. The smallest absolute Gasteiger partial charge is 0.224 e. The van der Waals surface area contributed by atoms with Crippen LogP contribution in [0.3, 0.4) is 0 Å². The second-order valence-electron chi connectivity index (χ2n) is 6.57. The average molecular weight is 376 g/mol. The Morgan fingerprint density at radius 1 is 0.852 bits per heavy atom. The van der Waals surface area contributed by atoms with Crippen LogP contribution in [-0.2, 0) is 17.0 Å². The molecule has 0 spiro atoms. The van der Waals surface area contributed by atoms with Gasteiger partial charge < -0.3 is 5.32 Å². The Labute approximate surface area is 166 Å². The average Bonchev–Trinajstić information content (AvgIpc) is 2.70. The van der Waals surface area contributed by atoms with Crippen molar-refractivity contribution in [2.24, 2.45) is 0 Å². The van der Waals surface area contributed by atoms with Gasteiger partial charge in [0, 0.05) is 18.1 Å². The number of aryl methyl sites for hydroxylation is 1. The molecule has 1 amide bonds. The molecule has 0 saturated heterocycles. The highest BCUT2D eigenvalue weighted by Crippen LogP contribution is 2.19. The van der Waals surface area contributed by atoms with Crippen molar-refractivity contribution in [3.8, 4) is 11.1 Å². The van der Waals surface area contributed by atoms with Crippen LogP contribution in [0, 0.1) is 6.92 Å². The van der Waals surface area contributed by atoms with Crippen LogP contribution in [0.1, 0.15) is 16.7 Å². The van der Waals surface area contributed by atoms with E-state index in [-0.39, 0.29) is 5.91 Å². The van der Waals surface area contributed by atoms with Crippen molar-refractivity contribution in [2.45, 2.75) is 19.1 Å². The van der Waals surface area contributed by atoms with E-state index in [1.54, 1.807) is 0 Å². The maximum absolute atomic E-state index is 12.1. The third kappa shape index (κ3) is 6.00. The van der Waals surface area contributed by atoms with Crippen LogP contribution in [0.5, 0.6) is 0 Å². The van der Waals surface area contributed by atoms with Gasteiger partial charge in [0.05, 0.1) is 6.42 Å². The molecule has 0 saturated carbocycles. The molecule has 0 aliphatic heterocycles. The maximum atomic E-state index is 12.1. The summed E-state index contributed by atoms with van der Waals surface area (Å²) in [7, 11) is 0. The van der Waals surface area contributed by atoms with E-state index in [0.29, 0.717) is 13.0 Å². The zero-order valence-corrected chi connectivity index (χ0v) is 16.5. The van der Waals surface area contributed by atoms with Crippen molar-refractivity contribution in [1.29, 1.82) is 0 Å². The molecular formula is C24H25NOS. The molecule has 0 heterocycles. The van der Waals surface area contributed by atoms with Crippen molar-refractivity contribution < 1.29 is 4.79 Å². The van der Waals surface area contributed by atoms with Crippen molar-refractivity contribution in [3.63, 3.8) is 0 Å². The molecule has 0 radical (unpaired) electrons. The number of benzene rings is 3. The lowest BCUT2D eigenvalue weighted by Crippen LogP contribution is -2.27. The van der Waals surface area contributed by atoms with Crippen molar-refractivity contribution in [3.05, 3.63) is 95.6 Å². The van der Waals surface area contributed by atoms with Crippen LogP contribution in [0.2, 0.25) is 0 Å². The molecule has 0 unspecified atom stereocenters. The SMILES string of the molecule is Cc1ccccc1CSCCNC(=O)Cc1ccc(-c2ccccc2)cc1. The first kappa shape index (κ1) is 19.2. The third-order valence-corrected chi connectivity index (χ3v) is 5.52. The van der Waals surface area contributed by atoms with E-state index in [4.69, 9.17) is 0 Å². The van der Waals surface area contributed by atoms with E-state index in [2.05, 4.69) is 60.8 Å². The molecule has 0 fully saturated rings. The van der Waals surface area contributed by atoms with Crippen molar-refractivity contribution in [1.82, 2.24) is 5.32 Å². The Morgan fingerprint density at radius 3 is 2.26 bits per heavy atom. The Kier molecular flexibility index (Phi) is 7.11. The zero-order valence-electron chi connectivity index (χ0n) is 15.7. The summed E-state index contributed by atoms with van der Waals surface area (Å²) in [5.41, 5.74) is 6.10. The van der Waals surface area contributed by atoms with E-state index < -0.39 is 0 Å². The first-order chi connectivity index (χ1) is 13.2. The number of hydrogen-bond acceptors (Lipinski definition) is 2. The first-order valence-electron chi connectivity index (χ1n) is 9.26. The number of hydrogen-bond donors (Lipinski definition) is 1. The lowest BCUT2D eigenvalue weighted by Gasteiger charge is -2.08. The van der Waals surface area contributed by atoms with Crippen molar-refractivity contribution in [2.75, 3.05) is 12.3 Å². The van der Waals surface area contributed by atoms with Gasteiger partial charge in [-0.2, -0.15) is 11.8 Å². The van der Waals surface area contributed by atoms with Gasteiger partial charge in [0.2, 0.25) is 5.91 Å². The van der Waals surface area contributed by atoms with Gasteiger partial charge in [-0.15, -0.1) is 0 Å². The van der Waals surface area contributed by atoms with Crippen LogP contribution >= 0.6 is 11.8 Å². The fraction of sp³-hybridized carbons (Fsp3) is 0.208. The van der Waals surface area contributed by atoms with Gasteiger partial charge in [0.15, 0.2) is 0 Å². The summed E-state index contributed by atoms with van der Waals surface area (Å²) in [6.45, 7) is 2.85. The highest BCUT2D eigenvalue weighted by Gasteiger charge is 2.04. The van der Waals surface area contributed by atoms with Gasteiger partial charge in [-0.3, -0.25) is 4.79 Å². The normalized spacial score (nSPS) is 10.6. The lowest BCUT2D eigenvalue weighted by molar-refractivity contribution is -0.120. The summed E-state index contributed by atoms with van der Waals surface area (Å²) < 4.78 is 0. The molecule has 3 aromatic rings. The van der Waals surface area contributed by atoms with Gasteiger partial charge in [-0.05, 0) is 34.7 Å². The molecule has 0 aliphatic carbocycles. The Morgan fingerprint density at radius 2 is 1.52 bits per heavy atom. The van der Waals surface area contributed by atoms with Gasteiger partial charge in [0.25, 0.3) is 0 Å². The number of carbonyl (C=O) groups is 1. The molecule has 0 atom stereocenters. The van der Waals surface area contributed by atoms with E-state index in [9.17, 15) is 4.79 Å². The summed E-state index contributed by atoms with van der Waals surface area (Å²) in [6, 6.07) is 27.0. The standard InChI is InChI=1S/C24H25NOS/c1-19-7-5-6-10-23(19)18-27-16-15-25-24(26)17-20-11-13-22(14-12-20)21-8-3-2-4-9-21/h2-14H,15-18H2,1H3,(H,25,26). The predicted molar refractivity (Wildman–Crippen MR) is 116 cm³/mol. The maximum Gasteiger partial charge on any atom is 0.224 e. The fourth-order valence-corrected chi connectivity index (χ4v) is 3.84. The summed E-state index contributed by atoms with van der Waals surface area (Å²) in [5, 5.41) is 3.02. The van der Waals surface area contributed by atoms with Crippen LogP contribution in [0.4, 0.5) is 0 Å². The van der Waals surface area contributed by atoms with Crippen LogP contribution in [0.25, 0.3) is 11.1 Å². The van der Waals surface area contributed by atoms with E-state index in [1.165, 1.54) is 22.3 Å². The number of nitrogens with one attached hydrogen (secondary N) is 1. The summed E-state index contributed by atoms with van der Waals surface area (Å²) in [5.74, 6) is 2.00. The molecule has 27 heavy (non-hydrogen) atoms. The zero-order chi connectivity index (χ0) is 18.9. The quantitative estimate of drug-likeness (QED) is 0.545. The number of carbonyl (C=O) groups excluding carboxylic acids is 1. The predicted octanol–water partition coefficient (Wildman–Crippen LogP) is 5.25. The molecule has 2 nitrogen and oxygen atoms in total. The second kappa shape index (κ2) is 9.98. The first-order valence-corrected chi connectivity index (χ1v) is 10.4. The van der Waals surface area contributed by atoms with Gasteiger partial charge in [-0.1, -0.05) is 78.9 Å². The highest BCUT2D eigenvalue weighted by molar-refractivity contribution is 7.98. The molecule has 1 N–H and O–H groups in total. The van der Waals surface area contributed by atoms with Gasteiger partial charge in [0.1, 0.15) is 0 Å². The largest absolute Gasteiger partial charge is 0.355 e. The van der Waals surface area contributed by atoms with E-state index in [0.717, 1.165) is 17.1 Å². The lowest BCUT2D eigenvalue weighted by atomic mass is 10.0. The van der Waals surface area contributed by atoms with Crippen LogP contribution in [0.15, 0.2) is 78.9 Å². The summed E-state index contributed by atoms with van der Waals surface area (Å²) in [6.07, 6.45) is 0.428. The minimum Gasteiger partial charge on any atom is -0.355 e. The van der Waals surface area contributed by atoms with E-state index >= 15 is 0 Å². The van der Waals surface area contributed by atoms with Crippen molar-refractivity contribution >= 4 is 17.7 Å². The van der Waals surface area contributed by atoms with Crippen LogP contribution < -0.4 is 5.32 Å². The second-order valence-corrected chi connectivity index (χ2v) is 7.67. The molecule has 3 heteroatoms. The molecule has 0 bridgehead atoms. The topological polar surface area (TPSA) is 29.1 Å². The summed E-state index contributed by atoms with van der Waals surface area (Å²) >= 11 is 1.85. The Bertz CT molecular complexity index is 859. The minimum absolute atomic E-state index is 0.0824. The minimum atomic E-state index is 0.0824. The van der Waals surface area contributed by atoms with Gasteiger partial charge >= 0.3 is 0 Å². The summed E-state index contributed by atoms with van der Waals surface area (Å²) in [4.78, 5) is 12.1. The van der Waals surface area contributed by atoms with Gasteiger partial charge in [-0.25, -0.2) is 0 Å². The van der Waals surface area contributed by atoms with Crippen LogP contribution in [-0.4, -0.2) is 18.2 Å². The number of rotatable bonds is 8. The molecule has 3 rings (SSSR count). The number of amides is 1. The molecule has 3 aromatic carbocycles. The van der Waals surface area contributed by atoms with E-state index in [1.807, 2.05) is 42.1 Å². The molecular weight excluding hydrogens is 350 g/mol.